The van der Waals surface area contributed by atoms with Crippen molar-refractivity contribution in [1.29, 1.82) is 0 Å². The van der Waals surface area contributed by atoms with Gasteiger partial charge in [-0.3, -0.25) is 4.98 Å². The molecule has 0 bridgehead atoms. The van der Waals surface area contributed by atoms with Crippen LogP contribution in [0.3, 0.4) is 0 Å². The number of hydrogen-bond donors (Lipinski definition) is 1. The molecule has 1 N–H and O–H groups in total. The van der Waals surface area contributed by atoms with Gasteiger partial charge in [-0.1, -0.05) is 27.7 Å². The standard InChI is InChI=1S/C17H31N3/c1-6-17(7-2,13-19-15(3)4)14-20(5)12-16-8-10-18-11-9-16/h8-11,15,19H,6-7,12-14H2,1-5H3. The summed E-state index contributed by atoms with van der Waals surface area (Å²) in [6, 6.07) is 4.75. The summed E-state index contributed by atoms with van der Waals surface area (Å²) in [5, 5.41) is 3.62. The van der Waals surface area contributed by atoms with Crippen LogP contribution in [0.15, 0.2) is 24.5 Å². The van der Waals surface area contributed by atoms with E-state index in [-0.39, 0.29) is 0 Å². The number of hydrogen-bond acceptors (Lipinski definition) is 3. The average molecular weight is 277 g/mol. The highest BCUT2D eigenvalue weighted by Crippen LogP contribution is 2.27. The van der Waals surface area contributed by atoms with Crippen LogP contribution in [0.1, 0.15) is 46.1 Å². The van der Waals surface area contributed by atoms with Crippen LogP contribution in [0.5, 0.6) is 0 Å². The molecule has 0 aliphatic rings. The average Bonchev–Trinajstić information content (AvgIpc) is 2.44. The lowest BCUT2D eigenvalue weighted by Crippen LogP contribution is -2.44. The molecule has 1 aromatic heterocycles. The molecule has 0 atom stereocenters. The number of nitrogens with zero attached hydrogens (tertiary/aromatic N) is 2. The highest BCUT2D eigenvalue weighted by atomic mass is 15.1. The Morgan fingerprint density at radius 2 is 1.80 bits per heavy atom. The van der Waals surface area contributed by atoms with Crippen LogP contribution in [0.4, 0.5) is 0 Å². The minimum Gasteiger partial charge on any atom is -0.314 e. The molecule has 0 unspecified atom stereocenters. The monoisotopic (exact) mass is 277 g/mol. The number of aromatic nitrogens is 1. The molecule has 0 aromatic carbocycles. The first-order chi connectivity index (χ1) is 9.51. The zero-order valence-corrected chi connectivity index (χ0v) is 13.8. The van der Waals surface area contributed by atoms with Gasteiger partial charge in [0, 0.05) is 38.1 Å². The molecule has 0 saturated heterocycles. The van der Waals surface area contributed by atoms with Crippen molar-refractivity contribution < 1.29 is 0 Å². The third kappa shape index (κ3) is 5.59. The highest BCUT2D eigenvalue weighted by molar-refractivity contribution is 5.09. The number of pyridine rings is 1. The summed E-state index contributed by atoms with van der Waals surface area (Å²) in [6.07, 6.45) is 6.17. The van der Waals surface area contributed by atoms with Gasteiger partial charge < -0.3 is 10.2 Å². The lowest BCUT2D eigenvalue weighted by atomic mass is 9.81. The molecule has 0 saturated carbocycles. The van der Waals surface area contributed by atoms with Crippen LogP contribution in [0, 0.1) is 5.41 Å². The molecular weight excluding hydrogens is 246 g/mol. The fourth-order valence-corrected chi connectivity index (χ4v) is 2.63. The van der Waals surface area contributed by atoms with Gasteiger partial charge in [0.2, 0.25) is 0 Å². The van der Waals surface area contributed by atoms with E-state index in [0.717, 1.165) is 19.6 Å². The van der Waals surface area contributed by atoms with Crippen LogP contribution >= 0.6 is 0 Å². The Labute approximate surface area is 124 Å². The second kappa shape index (κ2) is 8.38. The van der Waals surface area contributed by atoms with Gasteiger partial charge in [-0.25, -0.2) is 0 Å². The molecule has 20 heavy (non-hydrogen) atoms. The molecule has 3 nitrogen and oxygen atoms in total. The first-order valence-electron chi connectivity index (χ1n) is 7.82. The maximum atomic E-state index is 4.08. The van der Waals surface area contributed by atoms with E-state index in [9.17, 15) is 0 Å². The molecule has 0 fully saturated rings. The Bertz CT molecular complexity index is 358. The van der Waals surface area contributed by atoms with E-state index >= 15 is 0 Å². The Balaban J connectivity index is 2.60. The first-order valence-corrected chi connectivity index (χ1v) is 7.82. The van der Waals surface area contributed by atoms with Gasteiger partial charge >= 0.3 is 0 Å². The molecule has 1 heterocycles. The van der Waals surface area contributed by atoms with Crippen molar-refractivity contribution >= 4 is 0 Å². The second-order valence-electron chi connectivity index (χ2n) is 6.27. The largest absolute Gasteiger partial charge is 0.314 e. The lowest BCUT2D eigenvalue weighted by Gasteiger charge is -2.36. The minimum absolute atomic E-state index is 0.367. The quantitative estimate of drug-likeness (QED) is 0.750. The van der Waals surface area contributed by atoms with Gasteiger partial charge in [0.25, 0.3) is 0 Å². The van der Waals surface area contributed by atoms with Gasteiger partial charge in [-0.15, -0.1) is 0 Å². The van der Waals surface area contributed by atoms with Crippen molar-refractivity contribution in [3.8, 4) is 0 Å². The summed E-state index contributed by atoms with van der Waals surface area (Å²) in [6.45, 7) is 12.3. The molecule has 1 aromatic rings. The molecule has 3 heteroatoms. The van der Waals surface area contributed by atoms with E-state index in [1.165, 1.54) is 18.4 Å². The normalized spacial score (nSPS) is 12.3. The minimum atomic E-state index is 0.367. The van der Waals surface area contributed by atoms with Crippen molar-refractivity contribution in [3.63, 3.8) is 0 Å². The Morgan fingerprint density at radius 3 is 2.30 bits per heavy atom. The Morgan fingerprint density at radius 1 is 1.20 bits per heavy atom. The predicted molar refractivity (Wildman–Crippen MR) is 86.7 cm³/mol. The summed E-state index contributed by atoms with van der Waals surface area (Å²) >= 11 is 0. The Kier molecular flexibility index (Phi) is 7.17. The second-order valence-corrected chi connectivity index (χ2v) is 6.27. The number of nitrogens with one attached hydrogen (secondary N) is 1. The molecule has 0 aliphatic carbocycles. The fourth-order valence-electron chi connectivity index (χ4n) is 2.63. The van der Waals surface area contributed by atoms with Crippen molar-refractivity contribution in [2.24, 2.45) is 5.41 Å². The summed E-state index contributed by atoms with van der Waals surface area (Å²) in [5.74, 6) is 0. The summed E-state index contributed by atoms with van der Waals surface area (Å²) in [5.41, 5.74) is 1.70. The molecular formula is C17H31N3. The van der Waals surface area contributed by atoms with Crippen molar-refractivity contribution in [3.05, 3.63) is 30.1 Å². The van der Waals surface area contributed by atoms with E-state index in [1.54, 1.807) is 0 Å². The SMILES string of the molecule is CCC(CC)(CNC(C)C)CN(C)Cc1ccncc1. The van der Waals surface area contributed by atoms with Crippen LogP contribution in [0.25, 0.3) is 0 Å². The van der Waals surface area contributed by atoms with Crippen LogP contribution in [-0.4, -0.2) is 36.1 Å². The highest BCUT2D eigenvalue weighted by Gasteiger charge is 2.27. The topological polar surface area (TPSA) is 28.2 Å². The van der Waals surface area contributed by atoms with E-state index in [2.05, 4.69) is 62.1 Å². The molecule has 1 rings (SSSR count). The fraction of sp³-hybridized carbons (Fsp3) is 0.706. The van der Waals surface area contributed by atoms with Crippen LogP contribution in [-0.2, 0) is 6.54 Å². The van der Waals surface area contributed by atoms with Crippen LogP contribution in [0.2, 0.25) is 0 Å². The van der Waals surface area contributed by atoms with E-state index < -0.39 is 0 Å². The van der Waals surface area contributed by atoms with E-state index in [1.807, 2.05) is 12.4 Å². The van der Waals surface area contributed by atoms with Gasteiger partial charge in [-0.05, 0) is 43.0 Å². The molecule has 0 spiro atoms. The molecule has 0 aliphatic heterocycles. The first kappa shape index (κ1) is 17.1. The van der Waals surface area contributed by atoms with Crippen molar-refractivity contribution in [2.75, 3.05) is 20.1 Å². The molecule has 0 amide bonds. The maximum Gasteiger partial charge on any atom is 0.0271 e. The van der Waals surface area contributed by atoms with Gasteiger partial charge in [-0.2, -0.15) is 0 Å². The lowest BCUT2D eigenvalue weighted by molar-refractivity contribution is 0.148. The van der Waals surface area contributed by atoms with Crippen molar-refractivity contribution in [1.82, 2.24) is 15.2 Å². The van der Waals surface area contributed by atoms with Gasteiger partial charge in [0.05, 0.1) is 0 Å². The third-order valence-electron chi connectivity index (χ3n) is 4.19. The molecule has 114 valence electrons. The summed E-state index contributed by atoms with van der Waals surface area (Å²) < 4.78 is 0. The van der Waals surface area contributed by atoms with E-state index in [0.29, 0.717) is 11.5 Å². The molecule has 0 radical (unpaired) electrons. The maximum absolute atomic E-state index is 4.08. The van der Waals surface area contributed by atoms with Crippen LogP contribution < -0.4 is 5.32 Å². The smallest absolute Gasteiger partial charge is 0.0271 e. The zero-order chi connectivity index (χ0) is 15.0. The Hall–Kier alpha value is -0.930. The van der Waals surface area contributed by atoms with Gasteiger partial charge in [0.1, 0.15) is 0 Å². The van der Waals surface area contributed by atoms with Crippen molar-refractivity contribution in [2.45, 2.75) is 53.1 Å². The number of rotatable bonds is 9. The van der Waals surface area contributed by atoms with E-state index in [4.69, 9.17) is 0 Å². The summed E-state index contributed by atoms with van der Waals surface area (Å²) in [4.78, 5) is 6.51. The summed E-state index contributed by atoms with van der Waals surface area (Å²) in [7, 11) is 2.22. The van der Waals surface area contributed by atoms with Gasteiger partial charge in [0.15, 0.2) is 0 Å². The third-order valence-corrected chi connectivity index (χ3v) is 4.19. The zero-order valence-electron chi connectivity index (χ0n) is 13.8. The predicted octanol–water partition coefficient (Wildman–Crippen LogP) is 3.32.